The van der Waals surface area contributed by atoms with E-state index in [4.69, 9.17) is 10.5 Å². The Morgan fingerprint density at radius 2 is 2.33 bits per heavy atom. The van der Waals surface area contributed by atoms with Gasteiger partial charge in [-0.1, -0.05) is 0 Å². The van der Waals surface area contributed by atoms with Crippen molar-refractivity contribution >= 4 is 22.3 Å². The summed E-state index contributed by atoms with van der Waals surface area (Å²) in [5.41, 5.74) is 7.21. The quantitative estimate of drug-likeness (QED) is 0.821. The highest BCUT2D eigenvalue weighted by molar-refractivity contribution is 5.98. The van der Waals surface area contributed by atoms with E-state index in [-0.39, 0.29) is 18.8 Å². The average molecular weight is 291 g/mol. The van der Waals surface area contributed by atoms with Crippen LogP contribution in [-0.4, -0.2) is 42.0 Å². The second-order valence-corrected chi connectivity index (χ2v) is 5.35. The first-order chi connectivity index (χ1) is 10.1. The van der Waals surface area contributed by atoms with Crippen LogP contribution < -0.4 is 10.6 Å². The molecule has 2 heterocycles. The molecule has 1 saturated heterocycles. The Bertz CT molecular complexity index is 665. The Kier molecular flexibility index (Phi) is 3.65. The predicted molar refractivity (Wildman–Crippen MR) is 79.7 cm³/mol. The highest BCUT2D eigenvalue weighted by atomic mass is 19.1. The fraction of sp³-hybridized carbons (Fsp3) is 0.400. The van der Waals surface area contributed by atoms with Gasteiger partial charge in [0, 0.05) is 30.4 Å². The number of nitrogens with two attached hydrogens (primary N) is 1. The van der Waals surface area contributed by atoms with Crippen LogP contribution >= 0.6 is 0 Å². The number of anilines is 2. The average Bonchev–Trinajstić information content (AvgIpc) is 2.46. The number of aliphatic hydroxyl groups excluding tert-OH is 1. The van der Waals surface area contributed by atoms with Crippen molar-refractivity contribution in [1.82, 2.24) is 4.98 Å². The molecule has 0 spiro atoms. The number of halogens is 1. The third-order valence-corrected chi connectivity index (χ3v) is 3.70. The molecular formula is C15H18FN3O2. The Hall–Kier alpha value is -1.92. The van der Waals surface area contributed by atoms with E-state index in [1.165, 1.54) is 6.07 Å². The van der Waals surface area contributed by atoms with E-state index in [2.05, 4.69) is 4.98 Å². The molecule has 0 aliphatic carbocycles. The lowest BCUT2D eigenvalue weighted by Crippen LogP contribution is -2.48. The molecule has 1 fully saturated rings. The molecule has 0 saturated carbocycles. The monoisotopic (exact) mass is 291 g/mol. The first-order valence-corrected chi connectivity index (χ1v) is 6.94. The van der Waals surface area contributed by atoms with E-state index in [0.29, 0.717) is 30.0 Å². The fourth-order valence-corrected chi connectivity index (χ4v) is 2.85. The van der Waals surface area contributed by atoms with Crippen LogP contribution in [0, 0.1) is 5.82 Å². The molecule has 2 unspecified atom stereocenters. The summed E-state index contributed by atoms with van der Waals surface area (Å²) in [5.74, 6) is -0.399. The summed E-state index contributed by atoms with van der Waals surface area (Å²) in [6.07, 6.45) is 1.20. The SMILES string of the molecule is CC1CN(c2c(F)cc(N)c3cccnc23)CC(CO)O1. The number of nitrogens with zero attached hydrogens (tertiary/aromatic N) is 2. The van der Waals surface area contributed by atoms with Crippen molar-refractivity contribution in [1.29, 1.82) is 0 Å². The van der Waals surface area contributed by atoms with Crippen LogP contribution in [0.1, 0.15) is 6.92 Å². The van der Waals surface area contributed by atoms with Gasteiger partial charge in [0.2, 0.25) is 0 Å². The largest absolute Gasteiger partial charge is 0.398 e. The Morgan fingerprint density at radius 1 is 1.52 bits per heavy atom. The number of fused-ring (bicyclic) bond motifs is 1. The van der Waals surface area contributed by atoms with E-state index < -0.39 is 5.82 Å². The fourth-order valence-electron chi connectivity index (χ4n) is 2.85. The van der Waals surface area contributed by atoms with Gasteiger partial charge in [0.25, 0.3) is 0 Å². The Morgan fingerprint density at radius 3 is 3.10 bits per heavy atom. The van der Waals surface area contributed by atoms with Crippen molar-refractivity contribution in [3.63, 3.8) is 0 Å². The number of pyridine rings is 1. The van der Waals surface area contributed by atoms with E-state index in [9.17, 15) is 9.50 Å². The molecule has 1 aliphatic heterocycles. The minimum absolute atomic E-state index is 0.0911. The topological polar surface area (TPSA) is 71.6 Å². The molecule has 21 heavy (non-hydrogen) atoms. The molecule has 2 atom stereocenters. The van der Waals surface area contributed by atoms with Gasteiger partial charge in [0.05, 0.1) is 30.0 Å². The molecule has 0 radical (unpaired) electrons. The first kappa shape index (κ1) is 14.0. The van der Waals surface area contributed by atoms with Crippen molar-refractivity contribution < 1.29 is 14.2 Å². The lowest BCUT2D eigenvalue weighted by molar-refractivity contribution is -0.0421. The van der Waals surface area contributed by atoms with Crippen molar-refractivity contribution in [2.45, 2.75) is 19.1 Å². The van der Waals surface area contributed by atoms with Gasteiger partial charge in [-0.2, -0.15) is 0 Å². The maximum Gasteiger partial charge on any atom is 0.150 e. The summed E-state index contributed by atoms with van der Waals surface area (Å²) >= 11 is 0. The van der Waals surface area contributed by atoms with E-state index in [1.54, 1.807) is 12.3 Å². The highest BCUT2D eigenvalue weighted by Crippen LogP contribution is 2.33. The molecular weight excluding hydrogens is 273 g/mol. The molecule has 6 heteroatoms. The molecule has 5 nitrogen and oxygen atoms in total. The van der Waals surface area contributed by atoms with Gasteiger partial charge in [-0.15, -0.1) is 0 Å². The molecule has 1 aliphatic rings. The number of hydrogen-bond donors (Lipinski definition) is 2. The van der Waals surface area contributed by atoms with Crippen molar-refractivity contribution in [3.05, 3.63) is 30.2 Å². The standard InChI is InChI=1S/C15H18FN3O2/c1-9-6-19(7-10(8-20)21-9)15-12(16)5-13(17)11-3-2-4-18-14(11)15/h2-5,9-10,20H,6-8,17H2,1H3. The zero-order valence-corrected chi connectivity index (χ0v) is 11.8. The van der Waals surface area contributed by atoms with Gasteiger partial charge in [0.1, 0.15) is 0 Å². The summed E-state index contributed by atoms with van der Waals surface area (Å²) in [6.45, 7) is 2.78. The first-order valence-electron chi connectivity index (χ1n) is 6.94. The number of ether oxygens (including phenoxy) is 1. The lowest BCUT2D eigenvalue weighted by atomic mass is 10.1. The zero-order valence-electron chi connectivity index (χ0n) is 11.8. The number of hydrogen-bond acceptors (Lipinski definition) is 5. The highest BCUT2D eigenvalue weighted by Gasteiger charge is 2.28. The molecule has 2 aromatic rings. The maximum atomic E-state index is 14.5. The summed E-state index contributed by atoms with van der Waals surface area (Å²) in [4.78, 5) is 6.16. The lowest BCUT2D eigenvalue weighted by Gasteiger charge is -2.38. The van der Waals surface area contributed by atoms with E-state index >= 15 is 0 Å². The van der Waals surface area contributed by atoms with Gasteiger partial charge in [-0.25, -0.2) is 4.39 Å². The minimum atomic E-state index is -0.399. The summed E-state index contributed by atoms with van der Waals surface area (Å²) in [5, 5.41) is 10.0. The molecule has 3 N–H and O–H groups in total. The summed E-state index contributed by atoms with van der Waals surface area (Å²) < 4.78 is 20.1. The molecule has 3 rings (SSSR count). The number of nitrogen functional groups attached to an aromatic ring is 1. The normalized spacial score (nSPS) is 22.7. The minimum Gasteiger partial charge on any atom is -0.398 e. The van der Waals surface area contributed by atoms with Crippen LogP contribution in [0.2, 0.25) is 0 Å². The van der Waals surface area contributed by atoms with Gasteiger partial charge >= 0.3 is 0 Å². The number of rotatable bonds is 2. The number of morpholine rings is 1. The van der Waals surface area contributed by atoms with Crippen LogP contribution in [0.25, 0.3) is 10.9 Å². The van der Waals surface area contributed by atoms with E-state index in [0.717, 1.165) is 5.39 Å². The molecule has 112 valence electrons. The van der Waals surface area contributed by atoms with Gasteiger partial charge in [0.15, 0.2) is 5.82 Å². The van der Waals surface area contributed by atoms with Gasteiger partial charge < -0.3 is 20.5 Å². The molecule has 1 aromatic heterocycles. The van der Waals surface area contributed by atoms with Crippen LogP contribution in [-0.2, 0) is 4.74 Å². The molecule has 0 amide bonds. The number of aromatic nitrogens is 1. The maximum absolute atomic E-state index is 14.5. The Balaban J connectivity index is 2.11. The number of benzene rings is 1. The zero-order chi connectivity index (χ0) is 15.0. The molecule has 0 bridgehead atoms. The third kappa shape index (κ3) is 2.52. The van der Waals surface area contributed by atoms with Gasteiger partial charge in [-0.05, 0) is 25.1 Å². The Labute approximate surface area is 122 Å². The van der Waals surface area contributed by atoms with E-state index in [1.807, 2.05) is 17.9 Å². The van der Waals surface area contributed by atoms with Crippen LogP contribution in [0.3, 0.4) is 0 Å². The van der Waals surface area contributed by atoms with Crippen molar-refractivity contribution in [3.8, 4) is 0 Å². The van der Waals surface area contributed by atoms with Crippen molar-refractivity contribution in [2.24, 2.45) is 0 Å². The molecule has 1 aromatic carbocycles. The third-order valence-electron chi connectivity index (χ3n) is 3.70. The second-order valence-electron chi connectivity index (χ2n) is 5.35. The number of aliphatic hydroxyl groups is 1. The van der Waals surface area contributed by atoms with Crippen LogP contribution in [0.4, 0.5) is 15.8 Å². The van der Waals surface area contributed by atoms with Crippen molar-refractivity contribution in [2.75, 3.05) is 30.3 Å². The van der Waals surface area contributed by atoms with Crippen LogP contribution in [0.5, 0.6) is 0 Å². The van der Waals surface area contributed by atoms with Crippen LogP contribution in [0.15, 0.2) is 24.4 Å². The smallest absolute Gasteiger partial charge is 0.150 e. The second kappa shape index (κ2) is 5.46. The van der Waals surface area contributed by atoms with Gasteiger partial charge in [-0.3, -0.25) is 4.98 Å². The summed E-state index contributed by atoms with van der Waals surface area (Å²) in [6, 6.07) is 4.93. The predicted octanol–water partition coefficient (Wildman–Crippen LogP) is 1.54. The summed E-state index contributed by atoms with van der Waals surface area (Å²) in [7, 11) is 0.